The molecule has 2 rings (SSSR count). The summed E-state index contributed by atoms with van der Waals surface area (Å²) in [5.41, 5.74) is 6.29. The first-order chi connectivity index (χ1) is 7.25. The van der Waals surface area contributed by atoms with Crippen molar-refractivity contribution in [3.05, 3.63) is 47.7 Å². The summed E-state index contributed by atoms with van der Waals surface area (Å²) in [5.74, 6) is 1.23. The van der Waals surface area contributed by atoms with E-state index in [0.717, 1.165) is 0 Å². The molecule has 0 radical (unpaired) electrons. The zero-order valence-corrected chi connectivity index (χ0v) is 8.61. The summed E-state index contributed by atoms with van der Waals surface area (Å²) in [7, 11) is 0. The van der Waals surface area contributed by atoms with Crippen LogP contribution in [0.25, 0.3) is 0 Å². The zero-order valence-electron chi connectivity index (χ0n) is 7.85. The fourth-order valence-electron chi connectivity index (χ4n) is 1.13. The Bertz CT molecular complexity index is 459. The third-order valence-electron chi connectivity index (χ3n) is 1.85. The fourth-order valence-corrected chi connectivity index (χ4v) is 1.29. The topological polar surface area (TPSA) is 48.1 Å². The van der Waals surface area contributed by atoms with Crippen molar-refractivity contribution in [1.29, 1.82) is 0 Å². The van der Waals surface area contributed by atoms with Gasteiger partial charge in [0.05, 0.1) is 5.69 Å². The lowest BCUT2D eigenvalue weighted by Gasteiger charge is -2.07. The quantitative estimate of drug-likeness (QED) is 0.792. The van der Waals surface area contributed by atoms with E-state index in [9.17, 15) is 0 Å². The smallest absolute Gasteiger partial charge is 0.151 e. The van der Waals surface area contributed by atoms with E-state index < -0.39 is 0 Å². The summed E-state index contributed by atoms with van der Waals surface area (Å²) in [6.07, 6.45) is 3.30. The van der Waals surface area contributed by atoms with Crippen LogP contribution in [-0.4, -0.2) is 4.98 Å². The van der Waals surface area contributed by atoms with E-state index in [1.165, 1.54) is 0 Å². The Kier molecular flexibility index (Phi) is 2.74. The number of nitrogens with two attached hydrogens (primary N) is 1. The molecule has 0 saturated heterocycles. The molecule has 0 spiro atoms. The average Bonchev–Trinajstić information content (AvgIpc) is 2.25. The van der Waals surface area contributed by atoms with Gasteiger partial charge in [-0.2, -0.15) is 0 Å². The first kappa shape index (κ1) is 9.80. The van der Waals surface area contributed by atoms with E-state index >= 15 is 0 Å². The maximum Gasteiger partial charge on any atom is 0.151 e. The van der Waals surface area contributed by atoms with Gasteiger partial charge in [0.1, 0.15) is 5.75 Å². The Morgan fingerprint density at radius 1 is 1.13 bits per heavy atom. The second kappa shape index (κ2) is 4.19. The van der Waals surface area contributed by atoms with Crippen LogP contribution in [-0.2, 0) is 0 Å². The second-order valence-electron chi connectivity index (χ2n) is 2.97. The number of benzene rings is 1. The molecule has 0 aliphatic carbocycles. The molecule has 1 aromatic heterocycles. The maximum absolute atomic E-state index is 5.84. The van der Waals surface area contributed by atoms with Gasteiger partial charge in [0.25, 0.3) is 0 Å². The number of halogens is 1. The third kappa shape index (κ3) is 2.39. The molecule has 0 unspecified atom stereocenters. The molecule has 0 bridgehead atoms. The summed E-state index contributed by atoms with van der Waals surface area (Å²) >= 11 is 5.84. The minimum Gasteiger partial charge on any atom is -0.455 e. The van der Waals surface area contributed by atoms with Crippen molar-refractivity contribution in [3.63, 3.8) is 0 Å². The zero-order chi connectivity index (χ0) is 10.7. The Hall–Kier alpha value is -1.74. The van der Waals surface area contributed by atoms with Crippen molar-refractivity contribution in [2.24, 2.45) is 0 Å². The van der Waals surface area contributed by atoms with Gasteiger partial charge in [-0.1, -0.05) is 11.6 Å². The van der Waals surface area contributed by atoms with Gasteiger partial charge in [0.2, 0.25) is 0 Å². The highest BCUT2D eigenvalue weighted by Crippen LogP contribution is 2.29. The molecule has 0 atom stereocenters. The number of aromatic nitrogens is 1. The molecule has 76 valence electrons. The van der Waals surface area contributed by atoms with Crippen molar-refractivity contribution < 1.29 is 4.74 Å². The molecule has 2 N–H and O–H groups in total. The Labute approximate surface area is 92.5 Å². The van der Waals surface area contributed by atoms with Crippen LogP contribution in [0.3, 0.4) is 0 Å². The van der Waals surface area contributed by atoms with Crippen LogP contribution in [0.1, 0.15) is 0 Å². The van der Waals surface area contributed by atoms with Gasteiger partial charge in [0.15, 0.2) is 5.75 Å². The van der Waals surface area contributed by atoms with E-state index in [-0.39, 0.29) is 0 Å². The van der Waals surface area contributed by atoms with Crippen LogP contribution in [0.4, 0.5) is 5.69 Å². The molecule has 4 heteroatoms. The van der Waals surface area contributed by atoms with E-state index in [1.807, 2.05) is 0 Å². The van der Waals surface area contributed by atoms with E-state index in [4.69, 9.17) is 22.1 Å². The second-order valence-corrected chi connectivity index (χ2v) is 3.40. The minimum atomic E-state index is 0.550. The predicted octanol–water partition coefficient (Wildman–Crippen LogP) is 3.11. The number of rotatable bonds is 2. The number of hydrogen-bond acceptors (Lipinski definition) is 3. The highest BCUT2D eigenvalue weighted by molar-refractivity contribution is 6.30. The largest absolute Gasteiger partial charge is 0.455 e. The molecule has 0 aliphatic rings. The molecule has 0 amide bonds. The minimum absolute atomic E-state index is 0.550. The highest BCUT2D eigenvalue weighted by atomic mass is 35.5. The first-order valence-electron chi connectivity index (χ1n) is 4.38. The maximum atomic E-state index is 5.84. The molecule has 3 nitrogen and oxygen atoms in total. The van der Waals surface area contributed by atoms with Gasteiger partial charge in [-0.25, -0.2) is 0 Å². The molecular formula is C11H9ClN2O. The first-order valence-corrected chi connectivity index (χ1v) is 4.76. The molecule has 0 fully saturated rings. The monoisotopic (exact) mass is 220 g/mol. The van der Waals surface area contributed by atoms with E-state index in [2.05, 4.69) is 4.98 Å². The molecule has 0 saturated carbocycles. The van der Waals surface area contributed by atoms with Crippen LogP contribution >= 0.6 is 11.6 Å². The Morgan fingerprint density at radius 3 is 2.60 bits per heavy atom. The number of nitrogen functional groups attached to an aromatic ring is 1. The van der Waals surface area contributed by atoms with Crippen LogP contribution in [0.15, 0.2) is 42.7 Å². The summed E-state index contributed by atoms with van der Waals surface area (Å²) in [4.78, 5) is 3.89. The molecule has 0 aliphatic heterocycles. The van der Waals surface area contributed by atoms with E-state index in [0.29, 0.717) is 22.2 Å². The van der Waals surface area contributed by atoms with Gasteiger partial charge >= 0.3 is 0 Å². The lowest BCUT2D eigenvalue weighted by atomic mass is 10.3. The summed E-state index contributed by atoms with van der Waals surface area (Å²) < 4.78 is 5.54. The summed E-state index contributed by atoms with van der Waals surface area (Å²) in [6, 6.07) is 8.60. The van der Waals surface area contributed by atoms with Gasteiger partial charge < -0.3 is 10.5 Å². The van der Waals surface area contributed by atoms with Gasteiger partial charge in [-0.3, -0.25) is 4.98 Å². The lowest BCUT2D eigenvalue weighted by Crippen LogP contribution is -1.91. The average molecular weight is 221 g/mol. The Balaban J connectivity index is 2.28. The fraction of sp³-hybridized carbons (Fsp3) is 0. The predicted molar refractivity (Wildman–Crippen MR) is 60.2 cm³/mol. The SMILES string of the molecule is Nc1ccc(Cl)cc1Oc1ccncc1. The van der Waals surface area contributed by atoms with Crippen molar-refractivity contribution in [3.8, 4) is 11.5 Å². The summed E-state index contributed by atoms with van der Waals surface area (Å²) in [5, 5.41) is 0.591. The molecule has 1 aromatic carbocycles. The Morgan fingerprint density at radius 2 is 1.87 bits per heavy atom. The molecule has 2 aromatic rings. The van der Waals surface area contributed by atoms with Crippen LogP contribution in [0, 0.1) is 0 Å². The highest BCUT2D eigenvalue weighted by Gasteiger charge is 2.02. The van der Waals surface area contributed by atoms with Crippen molar-refractivity contribution in [1.82, 2.24) is 4.98 Å². The number of nitrogens with zero attached hydrogens (tertiary/aromatic N) is 1. The van der Waals surface area contributed by atoms with Crippen LogP contribution in [0.5, 0.6) is 11.5 Å². The standard InChI is InChI=1S/C11H9ClN2O/c12-8-1-2-10(13)11(7-8)15-9-3-5-14-6-4-9/h1-7H,13H2. The normalized spacial score (nSPS) is 9.93. The van der Waals surface area contributed by atoms with Crippen molar-refractivity contribution in [2.75, 3.05) is 5.73 Å². The molecule has 15 heavy (non-hydrogen) atoms. The third-order valence-corrected chi connectivity index (χ3v) is 2.09. The lowest BCUT2D eigenvalue weighted by molar-refractivity contribution is 0.484. The van der Waals surface area contributed by atoms with Crippen molar-refractivity contribution in [2.45, 2.75) is 0 Å². The number of ether oxygens (including phenoxy) is 1. The van der Waals surface area contributed by atoms with Gasteiger partial charge in [-0.05, 0) is 24.3 Å². The van der Waals surface area contributed by atoms with Gasteiger partial charge in [0, 0.05) is 23.5 Å². The number of hydrogen-bond donors (Lipinski definition) is 1. The van der Waals surface area contributed by atoms with Crippen LogP contribution in [0.2, 0.25) is 5.02 Å². The molecular weight excluding hydrogens is 212 g/mol. The van der Waals surface area contributed by atoms with Gasteiger partial charge in [-0.15, -0.1) is 0 Å². The molecule has 1 heterocycles. The van der Waals surface area contributed by atoms with Crippen LogP contribution < -0.4 is 10.5 Å². The van der Waals surface area contributed by atoms with E-state index in [1.54, 1.807) is 42.7 Å². The number of pyridine rings is 1. The van der Waals surface area contributed by atoms with Crippen molar-refractivity contribution >= 4 is 17.3 Å². The number of anilines is 1. The summed E-state index contributed by atoms with van der Waals surface area (Å²) in [6.45, 7) is 0.